The van der Waals surface area contributed by atoms with Crippen LogP contribution in [0, 0.1) is 0 Å². The first-order valence-corrected chi connectivity index (χ1v) is 24.7. The second-order valence-corrected chi connectivity index (χ2v) is 16.5. The third-order valence-electron chi connectivity index (χ3n) is 10.8. The molecule has 4 N–H and O–H groups in total. The molecule has 6 atom stereocenters. The Hall–Kier alpha value is -2.63. The molecule has 0 spiro atoms. The van der Waals surface area contributed by atoms with Crippen LogP contribution in [0.1, 0.15) is 181 Å². The molecule has 1 rings (SSSR count). The topological polar surface area (TPSA) is 135 Å². The van der Waals surface area contributed by atoms with Crippen LogP contribution >= 0.6 is 0 Å². The van der Waals surface area contributed by atoms with E-state index in [1.54, 1.807) is 0 Å². The van der Waals surface area contributed by atoms with Crippen molar-refractivity contribution in [3.63, 3.8) is 0 Å². The lowest BCUT2D eigenvalue weighted by molar-refractivity contribution is -0.305. The van der Waals surface area contributed by atoms with Crippen molar-refractivity contribution in [3.8, 4) is 0 Å². The molecule has 0 amide bonds. The molecule has 1 saturated heterocycles. The highest BCUT2D eigenvalue weighted by Gasteiger charge is 2.44. The summed E-state index contributed by atoms with van der Waals surface area (Å²) in [6.07, 6.45) is 51.8. The van der Waals surface area contributed by atoms with Gasteiger partial charge in [-0.05, 0) is 83.5 Å². The van der Waals surface area contributed by atoms with Crippen molar-refractivity contribution in [2.24, 2.45) is 0 Å². The third-order valence-corrected chi connectivity index (χ3v) is 10.8. The summed E-state index contributed by atoms with van der Waals surface area (Å²) in [7, 11) is 0. The van der Waals surface area contributed by atoms with Crippen molar-refractivity contribution in [3.05, 3.63) is 85.1 Å². The highest BCUT2D eigenvalue weighted by molar-refractivity contribution is 5.69. The Morgan fingerprint density at radius 2 is 0.984 bits per heavy atom. The van der Waals surface area contributed by atoms with Gasteiger partial charge < -0.3 is 39.4 Å². The highest BCUT2D eigenvalue weighted by Crippen LogP contribution is 2.22. The molecule has 1 fully saturated rings. The van der Waals surface area contributed by atoms with Gasteiger partial charge in [-0.15, -0.1) is 0 Å². The maximum Gasteiger partial charge on any atom is 0.306 e. The molecule has 9 nitrogen and oxygen atoms in total. The van der Waals surface area contributed by atoms with Crippen LogP contribution < -0.4 is 0 Å². The van der Waals surface area contributed by atoms with Crippen molar-refractivity contribution in [1.82, 2.24) is 0 Å². The molecule has 0 bridgehead atoms. The fourth-order valence-corrected chi connectivity index (χ4v) is 6.97. The minimum atomic E-state index is -1.54. The molecular weight excluding hydrogens is 781 g/mol. The van der Waals surface area contributed by atoms with Crippen LogP contribution in [0.5, 0.6) is 0 Å². The molecule has 0 aromatic heterocycles. The number of aliphatic hydroxyl groups is 4. The number of hydrogen-bond acceptors (Lipinski definition) is 9. The Labute approximate surface area is 378 Å². The first-order chi connectivity index (χ1) is 30.4. The van der Waals surface area contributed by atoms with Crippen molar-refractivity contribution in [1.29, 1.82) is 0 Å². The van der Waals surface area contributed by atoms with Crippen molar-refractivity contribution < 1.29 is 44.2 Å². The fourth-order valence-electron chi connectivity index (χ4n) is 6.97. The third kappa shape index (κ3) is 33.9. The first kappa shape index (κ1) is 57.4. The van der Waals surface area contributed by atoms with Crippen LogP contribution in [0.25, 0.3) is 0 Å². The maximum atomic E-state index is 12.8. The van der Waals surface area contributed by atoms with Gasteiger partial charge in [-0.25, -0.2) is 0 Å². The van der Waals surface area contributed by atoms with Crippen molar-refractivity contribution >= 4 is 5.97 Å². The zero-order valence-corrected chi connectivity index (χ0v) is 39.1. The summed E-state index contributed by atoms with van der Waals surface area (Å²) in [6, 6.07) is 0. The summed E-state index contributed by atoms with van der Waals surface area (Å²) in [6.45, 7) is 4.34. The normalized spacial score (nSPS) is 20.5. The number of esters is 1. The van der Waals surface area contributed by atoms with E-state index in [0.29, 0.717) is 13.0 Å². The number of unbranched alkanes of at least 4 members (excludes halogenated alkanes) is 16. The van der Waals surface area contributed by atoms with Gasteiger partial charge in [-0.1, -0.05) is 176 Å². The van der Waals surface area contributed by atoms with Gasteiger partial charge in [0.25, 0.3) is 0 Å². The van der Waals surface area contributed by atoms with Gasteiger partial charge in [0.05, 0.1) is 19.8 Å². The molecule has 0 aromatic carbocycles. The lowest BCUT2D eigenvalue weighted by Crippen LogP contribution is -2.59. The van der Waals surface area contributed by atoms with Crippen LogP contribution in [0.2, 0.25) is 0 Å². The number of ether oxygens (including phenoxy) is 4. The second-order valence-electron chi connectivity index (χ2n) is 16.5. The summed E-state index contributed by atoms with van der Waals surface area (Å²) >= 11 is 0. The van der Waals surface area contributed by atoms with Crippen molar-refractivity contribution in [2.45, 2.75) is 218 Å². The minimum Gasteiger partial charge on any atom is -0.457 e. The monoisotopic (exact) mass is 871 g/mol. The lowest BCUT2D eigenvalue weighted by atomic mass is 9.99. The van der Waals surface area contributed by atoms with Crippen LogP contribution in [0.4, 0.5) is 0 Å². The summed E-state index contributed by atoms with van der Waals surface area (Å²) in [5.74, 6) is -0.327. The van der Waals surface area contributed by atoms with E-state index in [-0.39, 0.29) is 19.2 Å². The molecule has 62 heavy (non-hydrogen) atoms. The van der Waals surface area contributed by atoms with Crippen LogP contribution in [0.15, 0.2) is 85.1 Å². The standard InChI is InChI=1S/C53H90O9/c1-3-5-7-9-11-13-15-17-19-20-21-22-23-24-25-26-27-28-29-30-32-34-36-38-40-42-49(55)61-47(46-60-53-52(58)51(57)50(56)48(44-54)62-53)45-59-43-41-39-37-35-33-31-18-16-14-12-10-8-6-4-2/h5,7-8,10-11,13-14,16-17,19,21-22,24-25,47-48,50-54,56-58H,3-4,6,9,12,15,18,20,23,26-46H2,1-2H3/b7-5-,10-8-,13-11-,16-14-,19-17-,22-21-,25-24-. The summed E-state index contributed by atoms with van der Waals surface area (Å²) < 4.78 is 22.8. The summed E-state index contributed by atoms with van der Waals surface area (Å²) in [5.41, 5.74) is 0. The molecule has 1 heterocycles. The molecule has 0 aromatic rings. The Morgan fingerprint density at radius 1 is 0.532 bits per heavy atom. The van der Waals surface area contributed by atoms with Gasteiger partial charge in [0.2, 0.25) is 0 Å². The Balaban J connectivity index is 2.21. The van der Waals surface area contributed by atoms with Gasteiger partial charge in [0.15, 0.2) is 6.29 Å². The SMILES string of the molecule is CC/C=C\C/C=C\C/C=C\C/C=C\C/C=C\CCCCCCCCCCCC(=O)OC(COCCCCCCCC/C=C\C/C=C\CCC)COC1OC(CO)C(O)C(O)C1O. The molecule has 0 radical (unpaired) electrons. The van der Waals surface area contributed by atoms with Gasteiger partial charge in [0.1, 0.15) is 30.5 Å². The van der Waals surface area contributed by atoms with Crippen LogP contribution in [-0.2, 0) is 23.7 Å². The molecule has 9 heteroatoms. The number of rotatable bonds is 41. The van der Waals surface area contributed by atoms with Crippen molar-refractivity contribution in [2.75, 3.05) is 26.4 Å². The van der Waals surface area contributed by atoms with E-state index in [1.807, 2.05) is 0 Å². The van der Waals surface area contributed by atoms with Gasteiger partial charge >= 0.3 is 5.97 Å². The number of aliphatic hydroxyl groups excluding tert-OH is 4. The number of carbonyl (C=O) groups excluding carboxylic acids is 1. The average Bonchev–Trinajstić information content (AvgIpc) is 3.27. The fraction of sp³-hybridized carbons (Fsp3) is 0.717. The molecular formula is C53H90O9. The van der Waals surface area contributed by atoms with Crippen LogP contribution in [-0.4, -0.2) is 89.6 Å². The van der Waals surface area contributed by atoms with Crippen LogP contribution in [0.3, 0.4) is 0 Å². The maximum absolute atomic E-state index is 12.8. The smallest absolute Gasteiger partial charge is 0.306 e. The summed E-state index contributed by atoms with van der Waals surface area (Å²) in [5, 5.41) is 40.2. The van der Waals surface area contributed by atoms with E-state index in [1.165, 1.54) is 64.2 Å². The Kier molecular flexibility index (Phi) is 40.4. The van der Waals surface area contributed by atoms with E-state index >= 15 is 0 Å². The highest BCUT2D eigenvalue weighted by atomic mass is 16.7. The lowest BCUT2D eigenvalue weighted by Gasteiger charge is -2.39. The number of hydrogen-bond donors (Lipinski definition) is 4. The Morgan fingerprint density at radius 3 is 1.48 bits per heavy atom. The van der Waals surface area contributed by atoms with Gasteiger partial charge in [-0.2, -0.15) is 0 Å². The van der Waals surface area contributed by atoms with E-state index < -0.39 is 43.4 Å². The molecule has 1 aliphatic heterocycles. The number of allylic oxidation sites excluding steroid dienone is 14. The largest absolute Gasteiger partial charge is 0.457 e. The molecule has 0 saturated carbocycles. The predicted octanol–water partition coefficient (Wildman–Crippen LogP) is 11.8. The van der Waals surface area contributed by atoms with E-state index in [2.05, 4.69) is 98.9 Å². The van der Waals surface area contributed by atoms with E-state index in [0.717, 1.165) is 96.3 Å². The van der Waals surface area contributed by atoms with Gasteiger partial charge in [-0.3, -0.25) is 4.79 Å². The minimum absolute atomic E-state index is 0.125. The summed E-state index contributed by atoms with van der Waals surface area (Å²) in [4.78, 5) is 12.8. The molecule has 1 aliphatic rings. The molecule has 356 valence electrons. The molecule has 6 unspecified atom stereocenters. The predicted molar refractivity (Wildman–Crippen MR) is 256 cm³/mol. The quantitative estimate of drug-likeness (QED) is 0.0269. The number of carbonyl (C=O) groups is 1. The zero-order chi connectivity index (χ0) is 45.0. The second kappa shape index (κ2) is 43.6. The van der Waals surface area contributed by atoms with E-state index in [4.69, 9.17) is 18.9 Å². The van der Waals surface area contributed by atoms with Gasteiger partial charge in [0, 0.05) is 13.0 Å². The average molecular weight is 871 g/mol. The zero-order valence-electron chi connectivity index (χ0n) is 39.1. The molecule has 0 aliphatic carbocycles. The first-order valence-electron chi connectivity index (χ1n) is 24.7. The van der Waals surface area contributed by atoms with E-state index in [9.17, 15) is 25.2 Å². The Bertz CT molecular complexity index is 1220.